The quantitative estimate of drug-likeness (QED) is 0.798. The monoisotopic (exact) mass is 334 g/mol. The third kappa shape index (κ3) is 5.10. The second-order valence-corrected chi connectivity index (χ2v) is 8.70. The Morgan fingerprint density at radius 1 is 1.24 bits per heavy atom. The van der Waals surface area contributed by atoms with Crippen LogP contribution in [0, 0.1) is 6.92 Å². The summed E-state index contributed by atoms with van der Waals surface area (Å²) in [5.41, 5.74) is 0.760. The molecule has 0 radical (unpaired) electrons. The Morgan fingerprint density at radius 3 is 2.29 bits per heavy atom. The van der Waals surface area contributed by atoms with Gasteiger partial charge >= 0.3 is 0 Å². The molecule has 9 heteroatoms. The normalized spacial score (nSPS) is 12.2. The van der Waals surface area contributed by atoms with Crippen molar-refractivity contribution in [3.05, 3.63) is 29.3 Å². The van der Waals surface area contributed by atoms with Gasteiger partial charge in [-0.15, -0.1) is 0 Å². The summed E-state index contributed by atoms with van der Waals surface area (Å²) in [6.45, 7) is 1.68. The highest BCUT2D eigenvalue weighted by molar-refractivity contribution is 7.90. The average Bonchev–Trinajstić information content (AvgIpc) is 2.33. The predicted octanol–water partition coefficient (Wildman–Crippen LogP) is -0.241. The first-order valence-corrected chi connectivity index (χ1v) is 9.59. The van der Waals surface area contributed by atoms with Crippen molar-refractivity contribution in [1.29, 1.82) is 0 Å². The average molecular weight is 334 g/mol. The summed E-state index contributed by atoms with van der Waals surface area (Å²) >= 11 is 0. The van der Waals surface area contributed by atoms with Crippen LogP contribution < -0.4 is 5.14 Å². The number of carbonyl (C=O) groups is 1. The van der Waals surface area contributed by atoms with Crippen molar-refractivity contribution in [3.63, 3.8) is 0 Å². The Bertz CT molecular complexity index is 754. The van der Waals surface area contributed by atoms with Gasteiger partial charge in [-0.05, 0) is 24.6 Å². The summed E-state index contributed by atoms with van der Waals surface area (Å²) in [5.74, 6) is -0.620. The molecule has 0 aliphatic carbocycles. The highest BCUT2D eigenvalue weighted by atomic mass is 32.2. The van der Waals surface area contributed by atoms with Gasteiger partial charge < -0.3 is 4.90 Å². The number of benzene rings is 1. The van der Waals surface area contributed by atoms with Gasteiger partial charge in [-0.3, -0.25) is 4.79 Å². The lowest BCUT2D eigenvalue weighted by atomic mass is 10.1. The minimum atomic E-state index is -3.90. The maximum atomic E-state index is 12.3. The van der Waals surface area contributed by atoms with Crippen LogP contribution in [0.2, 0.25) is 0 Å². The fraction of sp³-hybridized carbons (Fsp3) is 0.417. The van der Waals surface area contributed by atoms with Gasteiger partial charge in [0.25, 0.3) is 5.91 Å². The Labute approximate surface area is 124 Å². The molecule has 0 aromatic heterocycles. The molecular formula is C12H18N2O5S2. The van der Waals surface area contributed by atoms with E-state index in [9.17, 15) is 21.6 Å². The Balaban J connectivity index is 3.07. The van der Waals surface area contributed by atoms with Crippen LogP contribution in [-0.4, -0.2) is 53.2 Å². The minimum absolute atomic E-state index is 0.0245. The van der Waals surface area contributed by atoms with Crippen molar-refractivity contribution in [2.75, 3.05) is 25.6 Å². The minimum Gasteiger partial charge on any atom is -0.341 e. The molecule has 1 aromatic carbocycles. The van der Waals surface area contributed by atoms with Gasteiger partial charge in [0, 0.05) is 25.4 Å². The first-order valence-electron chi connectivity index (χ1n) is 5.98. The number of aryl methyl sites for hydroxylation is 1. The smallest absolute Gasteiger partial charge is 0.253 e. The van der Waals surface area contributed by atoms with Crippen molar-refractivity contribution in [2.45, 2.75) is 11.8 Å². The number of nitrogens with zero attached hydrogens (tertiary/aromatic N) is 1. The van der Waals surface area contributed by atoms with E-state index in [1.165, 1.54) is 30.1 Å². The molecule has 0 aliphatic rings. The maximum absolute atomic E-state index is 12.3. The summed E-state index contributed by atoms with van der Waals surface area (Å²) in [6, 6.07) is 4.00. The molecule has 0 bridgehead atoms. The van der Waals surface area contributed by atoms with Gasteiger partial charge in [0.05, 0.1) is 10.6 Å². The van der Waals surface area contributed by atoms with Crippen LogP contribution in [0.5, 0.6) is 0 Å². The van der Waals surface area contributed by atoms with Crippen LogP contribution in [0.25, 0.3) is 0 Å². The van der Waals surface area contributed by atoms with Gasteiger partial charge in [0.1, 0.15) is 9.84 Å². The van der Waals surface area contributed by atoms with Gasteiger partial charge in [-0.2, -0.15) is 0 Å². The maximum Gasteiger partial charge on any atom is 0.253 e. The first-order chi connectivity index (χ1) is 9.42. The number of amides is 1. The molecule has 1 aromatic rings. The number of hydrogen-bond donors (Lipinski definition) is 1. The standard InChI is InChI=1S/C12H18N2O5S2/c1-9-4-5-10(21(13,18)19)8-11(9)12(15)14(2)6-7-20(3,16)17/h4-5,8H,6-7H2,1-3H3,(H2,13,18,19). The molecule has 1 amide bonds. The van der Waals surface area contributed by atoms with E-state index in [1.54, 1.807) is 6.92 Å². The lowest BCUT2D eigenvalue weighted by molar-refractivity contribution is 0.0802. The van der Waals surface area contributed by atoms with Gasteiger partial charge in [-0.1, -0.05) is 6.07 Å². The molecule has 0 heterocycles. The first kappa shape index (κ1) is 17.6. The number of hydrogen-bond acceptors (Lipinski definition) is 5. The molecule has 2 N–H and O–H groups in total. The molecule has 0 spiro atoms. The zero-order valence-electron chi connectivity index (χ0n) is 12.0. The van der Waals surface area contributed by atoms with Crippen LogP contribution in [0.4, 0.5) is 0 Å². The Kier molecular flexibility index (Phi) is 5.13. The van der Waals surface area contributed by atoms with Crippen molar-refractivity contribution in [2.24, 2.45) is 5.14 Å². The van der Waals surface area contributed by atoms with Crippen LogP contribution in [0.15, 0.2) is 23.1 Å². The van der Waals surface area contributed by atoms with Crippen molar-refractivity contribution in [1.82, 2.24) is 4.90 Å². The number of sulfone groups is 1. The van der Waals surface area contributed by atoms with Gasteiger partial charge in [0.15, 0.2) is 0 Å². The molecule has 0 fully saturated rings. The van der Waals surface area contributed by atoms with E-state index in [2.05, 4.69) is 0 Å². The van der Waals surface area contributed by atoms with E-state index in [4.69, 9.17) is 5.14 Å². The van der Waals surface area contributed by atoms with Crippen molar-refractivity contribution in [3.8, 4) is 0 Å². The largest absolute Gasteiger partial charge is 0.341 e. The molecule has 0 saturated carbocycles. The van der Waals surface area contributed by atoms with E-state index in [-0.39, 0.29) is 22.8 Å². The van der Waals surface area contributed by atoms with E-state index in [0.717, 1.165) is 6.26 Å². The van der Waals surface area contributed by atoms with Crippen LogP contribution in [0.1, 0.15) is 15.9 Å². The molecule has 0 aliphatic heterocycles. The number of primary sulfonamides is 1. The molecule has 1 rings (SSSR count). The van der Waals surface area contributed by atoms with Gasteiger partial charge in [-0.25, -0.2) is 22.0 Å². The van der Waals surface area contributed by atoms with Crippen LogP contribution >= 0.6 is 0 Å². The Hall–Kier alpha value is -1.45. The molecule has 0 saturated heterocycles. The number of rotatable bonds is 5. The van der Waals surface area contributed by atoms with E-state index < -0.39 is 25.8 Å². The number of sulfonamides is 1. The van der Waals surface area contributed by atoms with Gasteiger partial charge in [0.2, 0.25) is 10.0 Å². The molecule has 0 unspecified atom stereocenters. The zero-order chi connectivity index (χ0) is 16.4. The third-order valence-electron chi connectivity index (χ3n) is 2.91. The second kappa shape index (κ2) is 6.12. The summed E-state index contributed by atoms with van der Waals surface area (Å²) in [7, 11) is -5.63. The molecule has 0 atom stereocenters. The fourth-order valence-electron chi connectivity index (χ4n) is 1.62. The summed E-state index contributed by atoms with van der Waals surface area (Å²) in [5, 5.41) is 5.04. The van der Waals surface area contributed by atoms with Crippen molar-refractivity contribution >= 4 is 25.8 Å². The second-order valence-electron chi connectivity index (χ2n) is 4.88. The van der Waals surface area contributed by atoms with Crippen LogP contribution in [0.3, 0.4) is 0 Å². The summed E-state index contributed by atoms with van der Waals surface area (Å²) in [6.07, 6.45) is 1.08. The number of nitrogens with two attached hydrogens (primary N) is 1. The van der Waals surface area contributed by atoms with E-state index in [1.807, 2.05) is 0 Å². The lowest BCUT2D eigenvalue weighted by Gasteiger charge is -2.18. The van der Waals surface area contributed by atoms with E-state index in [0.29, 0.717) is 5.56 Å². The van der Waals surface area contributed by atoms with Crippen LogP contribution in [-0.2, 0) is 19.9 Å². The number of carbonyl (C=O) groups excluding carboxylic acids is 1. The molecule has 7 nitrogen and oxygen atoms in total. The molecule has 118 valence electrons. The summed E-state index contributed by atoms with van der Waals surface area (Å²) < 4.78 is 44.9. The molecular weight excluding hydrogens is 316 g/mol. The predicted molar refractivity (Wildman–Crippen MR) is 79.2 cm³/mol. The molecule has 21 heavy (non-hydrogen) atoms. The highest BCUT2D eigenvalue weighted by Gasteiger charge is 2.18. The van der Waals surface area contributed by atoms with E-state index >= 15 is 0 Å². The summed E-state index contributed by atoms with van der Waals surface area (Å²) in [4.78, 5) is 13.3. The fourth-order valence-corrected chi connectivity index (χ4v) is 2.76. The van der Waals surface area contributed by atoms with Crippen molar-refractivity contribution < 1.29 is 21.6 Å². The highest BCUT2D eigenvalue weighted by Crippen LogP contribution is 2.16. The third-order valence-corrected chi connectivity index (χ3v) is 4.75. The lowest BCUT2D eigenvalue weighted by Crippen LogP contribution is -2.32. The zero-order valence-corrected chi connectivity index (χ0v) is 13.7. The Morgan fingerprint density at radius 2 is 1.81 bits per heavy atom. The SMILES string of the molecule is Cc1ccc(S(N)(=O)=O)cc1C(=O)N(C)CCS(C)(=O)=O. The topological polar surface area (TPSA) is 115 Å².